The van der Waals surface area contributed by atoms with Gasteiger partial charge in [0.25, 0.3) is 0 Å². The molecule has 0 N–H and O–H groups in total. The van der Waals surface area contributed by atoms with Crippen molar-refractivity contribution >= 4 is 10.0 Å². The number of sulfonamides is 1. The van der Waals surface area contributed by atoms with Crippen molar-refractivity contribution in [2.45, 2.75) is 64.0 Å². The monoisotopic (exact) mass is 352 g/mol. The molecule has 3 rings (SSSR count). The Labute approximate surface area is 145 Å². The summed E-state index contributed by atoms with van der Waals surface area (Å²) in [4.78, 5) is 0. The van der Waals surface area contributed by atoms with Gasteiger partial charge in [-0.1, -0.05) is 38.1 Å². The number of aromatic nitrogens is 1. The minimum absolute atomic E-state index is 0.0709. The molecule has 5 nitrogen and oxygen atoms in total. The van der Waals surface area contributed by atoms with Crippen LogP contribution in [0.5, 0.6) is 0 Å². The summed E-state index contributed by atoms with van der Waals surface area (Å²) in [6, 6.07) is 1.78. The Kier molecular flexibility index (Phi) is 4.64. The molecule has 1 aromatic heterocycles. The van der Waals surface area contributed by atoms with Crippen LogP contribution in [0.1, 0.15) is 64.3 Å². The Morgan fingerprint density at radius 1 is 1.29 bits per heavy atom. The van der Waals surface area contributed by atoms with Crippen molar-refractivity contribution < 1.29 is 12.9 Å². The van der Waals surface area contributed by atoms with Gasteiger partial charge in [-0.25, -0.2) is 12.7 Å². The van der Waals surface area contributed by atoms with E-state index in [1.165, 1.54) is 0 Å². The molecular formula is C18H28N2O3S. The second kappa shape index (κ2) is 6.30. The van der Waals surface area contributed by atoms with E-state index in [2.05, 4.69) is 17.3 Å². The van der Waals surface area contributed by atoms with Crippen molar-refractivity contribution in [3.63, 3.8) is 0 Å². The van der Waals surface area contributed by atoms with E-state index in [1.807, 2.05) is 20.8 Å². The average Bonchev–Trinajstić information content (AvgIpc) is 2.96. The van der Waals surface area contributed by atoms with Crippen LogP contribution >= 0.6 is 0 Å². The Balaban J connectivity index is 1.73. The lowest BCUT2D eigenvalue weighted by Gasteiger charge is -2.43. The minimum atomic E-state index is -3.36. The van der Waals surface area contributed by atoms with Gasteiger partial charge in [0.2, 0.25) is 10.0 Å². The largest absolute Gasteiger partial charge is 0.361 e. The van der Waals surface area contributed by atoms with Gasteiger partial charge in [-0.15, -0.1) is 0 Å². The van der Waals surface area contributed by atoms with E-state index in [9.17, 15) is 8.42 Å². The summed E-state index contributed by atoms with van der Waals surface area (Å²) in [6.07, 6.45) is 9.65. The van der Waals surface area contributed by atoms with Gasteiger partial charge in [-0.2, -0.15) is 0 Å². The van der Waals surface area contributed by atoms with Crippen molar-refractivity contribution in [3.8, 4) is 0 Å². The summed E-state index contributed by atoms with van der Waals surface area (Å²) in [5.74, 6) is 0.652. The maximum Gasteiger partial charge on any atom is 0.219 e. The zero-order valence-corrected chi connectivity index (χ0v) is 15.7. The van der Waals surface area contributed by atoms with Gasteiger partial charge in [0.1, 0.15) is 17.2 Å². The Hall–Kier alpha value is -1.14. The van der Waals surface area contributed by atoms with E-state index in [4.69, 9.17) is 4.52 Å². The Morgan fingerprint density at radius 3 is 2.71 bits per heavy atom. The molecular weight excluding hydrogens is 324 g/mol. The van der Waals surface area contributed by atoms with Gasteiger partial charge in [-0.3, -0.25) is 0 Å². The molecule has 6 heteroatoms. The van der Waals surface area contributed by atoms with Crippen LogP contribution in [0.3, 0.4) is 0 Å². The molecule has 0 saturated carbocycles. The first-order valence-corrected chi connectivity index (χ1v) is 10.4. The predicted octanol–water partition coefficient (Wildman–Crippen LogP) is 3.62. The molecule has 1 aliphatic heterocycles. The molecule has 0 radical (unpaired) electrons. The molecule has 0 bridgehead atoms. The first-order valence-electron chi connectivity index (χ1n) is 8.79. The van der Waals surface area contributed by atoms with E-state index in [-0.39, 0.29) is 16.6 Å². The third kappa shape index (κ3) is 3.75. The Morgan fingerprint density at radius 2 is 2.08 bits per heavy atom. The lowest BCUT2D eigenvalue weighted by molar-refractivity contribution is 0.132. The fraction of sp³-hybridized carbons (Fsp3) is 0.722. The molecule has 1 aliphatic carbocycles. The average molecular weight is 353 g/mol. The number of hydrogen-bond acceptors (Lipinski definition) is 4. The third-order valence-corrected chi connectivity index (χ3v) is 6.97. The summed E-state index contributed by atoms with van der Waals surface area (Å²) >= 11 is 0. The molecule has 0 amide bonds. The number of hydrogen-bond donors (Lipinski definition) is 0. The fourth-order valence-corrected chi connectivity index (χ4v) is 5.30. The molecule has 1 saturated heterocycles. The van der Waals surface area contributed by atoms with Crippen LogP contribution in [0, 0.1) is 5.41 Å². The molecule has 1 spiro atoms. The van der Waals surface area contributed by atoms with E-state index in [1.54, 1.807) is 10.4 Å². The quantitative estimate of drug-likeness (QED) is 0.779. The first-order chi connectivity index (χ1) is 11.2. The summed E-state index contributed by atoms with van der Waals surface area (Å²) in [5.41, 5.74) is 0.474. The van der Waals surface area contributed by atoms with Crippen LogP contribution in [0.25, 0.3) is 0 Å². The van der Waals surface area contributed by atoms with Gasteiger partial charge in [0.05, 0.1) is 0 Å². The molecule has 1 aromatic rings. The van der Waals surface area contributed by atoms with Crippen molar-refractivity contribution in [2.75, 3.05) is 13.1 Å². The molecule has 1 unspecified atom stereocenters. The van der Waals surface area contributed by atoms with E-state index in [0.29, 0.717) is 18.8 Å². The lowest BCUT2D eigenvalue weighted by atomic mass is 9.72. The molecule has 134 valence electrons. The SMILES string of the molecule is CC(C)(C)c1cc(CS(=O)(=O)N2CCCC3(CC=CCC3)C2)no1. The Bertz CT molecular complexity index is 715. The maximum absolute atomic E-state index is 12.9. The lowest BCUT2D eigenvalue weighted by Crippen LogP contribution is -2.46. The normalized spacial score (nSPS) is 26.1. The summed E-state index contributed by atoms with van der Waals surface area (Å²) in [6.45, 7) is 7.34. The van der Waals surface area contributed by atoms with Crippen LogP contribution in [0.4, 0.5) is 0 Å². The van der Waals surface area contributed by atoms with Crippen LogP contribution in [-0.4, -0.2) is 31.0 Å². The van der Waals surface area contributed by atoms with Crippen molar-refractivity contribution in [1.29, 1.82) is 0 Å². The van der Waals surface area contributed by atoms with Crippen LogP contribution in [-0.2, 0) is 21.2 Å². The highest BCUT2D eigenvalue weighted by Crippen LogP contribution is 2.41. The fourth-order valence-electron chi connectivity index (χ4n) is 3.72. The van der Waals surface area contributed by atoms with Gasteiger partial charge >= 0.3 is 0 Å². The highest BCUT2D eigenvalue weighted by molar-refractivity contribution is 7.88. The number of piperidine rings is 1. The van der Waals surface area contributed by atoms with Crippen LogP contribution < -0.4 is 0 Å². The number of nitrogens with zero attached hydrogens (tertiary/aromatic N) is 2. The zero-order chi connectivity index (χ0) is 17.4. The molecule has 1 atom stereocenters. The molecule has 2 aliphatic rings. The van der Waals surface area contributed by atoms with E-state index >= 15 is 0 Å². The highest BCUT2D eigenvalue weighted by Gasteiger charge is 2.39. The third-order valence-electron chi connectivity index (χ3n) is 5.21. The first kappa shape index (κ1) is 17.7. The number of rotatable bonds is 3. The predicted molar refractivity (Wildman–Crippen MR) is 94.1 cm³/mol. The van der Waals surface area contributed by atoms with Crippen LogP contribution in [0.15, 0.2) is 22.7 Å². The summed E-state index contributed by atoms with van der Waals surface area (Å²) < 4.78 is 32.7. The van der Waals surface area contributed by atoms with Gasteiger partial charge in [0.15, 0.2) is 0 Å². The molecule has 2 heterocycles. The maximum atomic E-state index is 12.9. The van der Waals surface area contributed by atoms with Crippen LogP contribution in [0.2, 0.25) is 0 Å². The summed E-state index contributed by atoms with van der Waals surface area (Å²) in [5, 5.41) is 3.97. The van der Waals surface area contributed by atoms with Gasteiger partial charge in [0, 0.05) is 24.6 Å². The second-order valence-corrected chi connectivity index (χ2v) is 10.3. The minimum Gasteiger partial charge on any atom is -0.361 e. The summed E-state index contributed by atoms with van der Waals surface area (Å²) in [7, 11) is -3.36. The molecule has 24 heavy (non-hydrogen) atoms. The van der Waals surface area contributed by atoms with E-state index in [0.717, 1.165) is 37.9 Å². The van der Waals surface area contributed by atoms with Gasteiger partial charge in [-0.05, 0) is 37.5 Å². The molecule has 1 fully saturated rings. The van der Waals surface area contributed by atoms with Gasteiger partial charge < -0.3 is 4.52 Å². The second-order valence-electron chi connectivity index (χ2n) is 8.34. The standard InChI is InChI=1S/C18H28N2O3S/c1-17(2,3)16-12-15(19-23-16)13-24(21,22)20-11-7-10-18(14-20)8-5-4-6-9-18/h4-5,12H,6-11,13-14H2,1-3H3. The smallest absolute Gasteiger partial charge is 0.219 e. The van der Waals surface area contributed by atoms with E-state index < -0.39 is 10.0 Å². The topological polar surface area (TPSA) is 63.4 Å². The zero-order valence-electron chi connectivity index (χ0n) is 14.9. The number of allylic oxidation sites excluding steroid dienone is 2. The highest BCUT2D eigenvalue weighted by atomic mass is 32.2. The molecule has 0 aromatic carbocycles. The van der Waals surface area contributed by atoms with Crippen molar-refractivity contribution in [2.24, 2.45) is 5.41 Å². The van der Waals surface area contributed by atoms with Crippen molar-refractivity contribution in [1.82, 2.24) is 9.46 Å². The van der Waals surface area contributed by atoms with Crippen molar-refractivity contribution in [3.05, 3.63) is 29.7 Å².